The van der Waals surface area contributed by atoms with Gasteiger partial charge in [-0.05, 0) is 61.8 Å². The highest BCUT2D eigenvalue weighted by Crippen LogP contribution is 2.27. The lowest BCUT2D eigenvalue weighted by molar-refractivity contribution is -0.138. The minimum absolute atomic E-state index is 0.0956. The van der Waals surface area contributed by atoms with Crippen LogP contribution in [0.25, 0.3) is 0 Å². The zero-order valence-corrected chi connectivity index (χ0v) is 16.3. The van der Waals surface area contributed by atoms with E-state index in [1.807, 2.05) is 6.26 Å². The zero-order valence-electron chi connectivity index (χ0n) is 15.5. The van der Waals surface area contributed by atoms with Gasteiger partial charge in [-0.3, -0.25) is 19.3 Å². The highest BCUT2D eigenvalue weighted by atomic mass is 32.2. The summed E-state index contributed by atoms with van der Waals surface area (Å²) in [6, 6.07) is 11.6. The van der Waals surface area contributed by atoms with E-state index in [1.54, 1.807) is 36.4 Å². The second-order valence-corrected chi connectivity index (χ2v) is 7.31. The average Bonchev–Trinajstić information content (AvgIpc) is 2.94. The van der Waals surface area contributed by atoms with Gasteiger partial charge in [0, 0.05) is 5.56 Å². The molecular formula is C21H19NO5S. The number of hydrogen-bond acceptors (Lipinski definition) is 6. The maximum Gasteiger partial charge on any atom is 0.334 e. The number of fused-ring (bicyclic) bond motifs is 1. The molecule has 0 N–H and O–H groups in total. The smallest absolute Gasteiger partial charge is 0.334 e. The maximum atomic E-state index is 12.8. The third kappa shape index (κ3) is 3.84. The van der Waals surface area contributed by atoms with Crippen LogP contribution in [0.2, 0.25) is 0 Å². The number of rotatable bonds is 7. The predicted octanol–water partition coefficient (Wildman–Crippen LogP) is 3.21. The number of carbonyl (C=O) groups excluding carboxylic acids is 4. The van der Waals surface area contributed by atoms with Crippen LogP contribution in [-0.2, 0) is 4.79 Å². The van der Waals surface area contributed by atoms with Gasteiger partial charge in [0.2, 0.25) is 0 Å². The topological polar surface area (TPSA) is 80.8 Å². The third-order valence-corrected chi connectivity index (χ3v) is 5.13. The van der Waals surface area contributed by atoms with Crippen LogP contribution in [-0.4, -0.2) is 46.5 Å². The molecule has 0 unspecified atom stereocenters. The number of Topliss-reactive ketones (excluding diaryl/α,β-unsaturated/α-hetero) is 1. The van der Waals surface area contributed by atoms with Crippen LogP contribution in [0.15, 0.2) is 48.5 Å². The summed E-state index contributed by atoms with van der Waals surface area (Å²) in [6.45, 7) is 1.45. The van der Waals surface area contributed by atoms with Crippen LogP contribution >= 0.6 is 11.8 Å². The summed E-state index contributed by atoms with van der Waals surface area (Å²) in [5.74, 6) is -0.927. The number of hydrogen-bond donors (Lipinski definition) is 0. The molecular weight excluding hydrogens is 378 g/mol. The molecule has 0 aromatic heterocycles. The lowest BCUT2D eigenvalue weighted by atomic mass is 10.1. The summed E-state index contributed by atoms with van der Waals surface area (Å²) in [5.41, 5.74) is 1.08. The van der Waals surface area contributed by atoms with Crippen LogP contribution in [0.3, 0.4) is 0 Å². The number of imide groups is 1. The fourth-order valence-electron chi connectivity index (χ4n) is 3.01. The van der Waals surface area contributed by atoms with Gasteiger partial charge in [0.25, 0.3) is 11.8 Å². The number of ketones is 1. The number of amides is 2. The van der Waals surface area contributed by atoms with Crippen molar-refractivity contribution in [2.45, 2.75) is 19.4 Å². The van der Waals surface area contributed by atoms with Crippen molar-refractivity contribution >= 4 is 35.3 Å². The Morgan fingerprint density at radius 1 is 1.00 bits per heavy atom. The van der Waals surface area contributed by atoms with Crippen LogP contribution in [0.5, 0.6) is 5.75 Å². The molecule has 1 atom stereocenters. The van der Waals surface area contributed by atoms with Gasteiger partial charge in [-0.2, -0.15) is 11.8 Å². The van der Waals surface area contributed by atoms with Crippen LogP contribution in [0.1, 0.15) is 44.4 Å². The van der Waals surface area contributed by atoms with Gasteiger partial charge in [-0.1, -0.05) is 12.1 Å². The van der Waals surface area contributed by atoms with E-state index in [1.165, 1.54) is 30.8 Å². The van der Waals surface area contributed by atoms with Gasteiger partial charge >= 0.3 is 5.97 Å². The molecule has 144 valence electrons. The predicted molar refractivity (Wildman–Crippen MR) is 106 cm³/mol. The fraction of sp³-hybridized carbons (Fsp3) is 0.238. The summed E-state index contributed by atoms with van der Waals surface area (Å²) >= 11 is 1.51. The van der Waals surface area contributed by atoms with Crippen molar-refractivity contribution < 1.29 is 23.9 Å². The molecule has 0 bridgehead atoms. The van der Waals surface area contributed by atoms with Gasteiger partial charge in [0.15, 0.2) is 5.78 Å². The van der Waals surface area contributed by atoms with Crippen molar-refractivity contribution in [2.75, 3.05) is 12.0 Å². The van der Waals surface area contributed by atoms with Gasteiger partial charge in [-0.25, -0.2) is 4.79 Å². The average molecular weight is 397 g/mol. The lowest BCUT2D eigenvalue weighted by Gasteiger charge is -2.24. The van der Waals surface area contributed by atoms with E-state index in [0.717, 1.165) is 4.90 Å². The Hall–Kier alpha value is -2.93. The number of ether oxygens (including phenoxy) is 1. The molecule has 28 heavy (non-hydrogen) atoms. The fourth-order valence-corrected chi connectivity index (χ4v) is 3.47. The highest BCUT2D eigenvalue weighted by molar-refractivity contribution is 7.98. The molecule has 3 rings (SSSR count). The van der Waals surface area contributed by atoms with Crippen molar-refractivity contribution in [3.63, 3.8) is 0 Å². The molecule has 0 radical (unpaired) electrons. The SMILES string of the molecule is CSCC[C@@H](C(=O)Oc1ccc(C(C)=O)cc1)N1C(=O)c2ccccc2C1=O. The van der Waals surface area contributed by atoms with E-state index in [-0.39, 0.29) is 18.0 Å². The summed E-state index contributed by atoms with van der Waals surface area (Å²) in [5, 5.41) is 0. The van der Waals surface area contributed by atoms with E-state index < -0.39 is 23.8 Å². The largest absolute Gasteiger partial charge is 0.425 e. The van der Waals surface area contributed by atoms with Crippen molar-refractivity contribution in [1.82, 2.24) is 4.90 Å². The van der Waals surface area contributed by atoms with Gasteiger partial charge in [0.05, 0.1) is 11.1 Å². The lowest BCUT2D eigenvalue weighted by Crippen LogP contribution is -2.47. The Bertz CT molecular complexity index is 903. The number of thioether (sulfide) groups is 1. The minimum Gasteiger partial charge on any atom is -0.425 e. The van der Waals surface area contributed by atoms with E-state index in [4.69, 9.17) is 4.74 Å². The van der Waals surface area contributed by atoms with Crippen LogP contribution in [0.4, 0.5) is 0 Å². The third-order valence-electron chi connectivity index (χ3n) is 4.48. The van der Waals surface area contributed by atoms with E-state index >= 15 is 0 Å². The van der Waals surface area contributed by atoms with Crippen molar-refractivity contribution in [3.05, 3.63) is 65.2 Å². The molecule has 1 heterocycles. The monoisotopic (exact) mass is 397 g/mol. The molecule has 2 aromatic rings. The second-order valence-electron chi connectivity index (χ2n) is 6.32. The zero-order chi connectivity index (χ0) is 20.3. The van der Waals surface area contributed by atoms with E-state index in [0.29, 0.717) is 22.4 Å². The molecule has 1 aliphatic heterocycles. The first kappa shape index (κ1) is 19.8. The van der Waals surface area contributed by atoms with Gasteiger partial charge in [0.1, 0.15) is 11.8 Å². The molecule has 2 amide bonds. The van der Waals surface area contributed by atoms with Crippen LogP contribution < -0.4 is 4.74 Å². The molecule has 0 saturated heterocycles. The summed E-state index contributed by atoms with van der Waals surface area (Å²) < 4.78 is 5.41. The van der Waals surface area contributed by atoms with Crippen LogP contribution in [0, 0.1) is 0 Å². The molecule has 7 heteroatoms. The quantitative estimate of drug-likeness (QED) is 0.309. The number of nitrogens with zero attached hydrogens (tertiary/aromatic N) is 1. The highest BCUT2D eigenvalue weighted by Gasteiger charge is 2.43. The molecule has 0 spiro atoms. The maximum absolute atomic E-state index is 12.8. The normalized spacial score (nSPS) is 14.0. The van der Waals surface area contributed by atoms with E-state index in [9.17, 15) is 19.2 Å². The Labute approximate surface area is 166 Å². The summed E-state index contributed by atoms with van der Waals surface area (Å²) in [7, 11) is 0. The summed E-state index contributed by atoms with van der Waals surface area (Å²) in [4.78, 5) is 50.7. The first-order chi connectivity index (χ1) is 13.4. The Morgan fingerprint density at radius 2 is 1.57 bits per heavy atom. The van der Waals surface area contributed by atoms with Crippen molar-refractivity contribution in [2.24, 2.45) is 0 Å². The molecule has 0 fully saturated rings. The standard InChI is InChI=1S/C21H19NO5S/c1-13(23)14-7-9-15(10-8-14)27-21(26)18(11-12-28-2)22-19(24)16-5-3-4-6-17(16)20(22)25/h3-10,18H,11-12H2,1-2H3/t18-/m0/s1. The number of carbonyl (C=O) groups is 4. The van der Waals surface area contributed by atoms with Crippen molar-refractivity contribution in [1.29, 1.82) is 0 Å². The van der Waals surface area contributed by atoms with E-state index in [2.05, 4.69) is 0 Å². The molecule has 0 saturated carbocycles. The summed E-state index contributed by atoms with van der Waals surface area (Å²) in [6.07, 6.45) is 2.17. The Morgan fingerprint density at radius 3 is 2.07 bits per heavy atom. The van der Waals surface area contributed by atoms with Gasteiger partial charge < -0.3 is 4.74 Å². The Kier molecular flexibility index (Phi) is 5.94. The second kappa shape index (κ2) is 8.39. The molecule has 0 aliphatic carbocycles. The molecule has 6 nitrogen and oxygen atoms in total. The molecule has 2 aromatic carbocycles. The minimum atomic E-state index is -1.02. The molecule has 1 aliphatic rings. The van der Waals surface area contributed by atoms with Crippen molar-refractivity contribution in [3.8, 4) is 5.75 Å². The number of esters is 1. The first-order valence-corrected chi connectivity index (χ1v) is 10.1. The van der Waals surface area contributed by atoms with Gasteiger partial charge in [-0.15, -0.1) is 0 Å². The Balaban J connectivity index is 1.84. The first-order valence-electron chi connectivity index (χ1n) is 8.72. The number of benzene rings is 2.